The summed E-state index contributed by atoms with van der Waals surface area (Å²) in [4.78, 5) is 3.81. The summed E-state index contributed by atoms with van der Waals surface area (Å²) in [6.07, 6.45) is 6.99. The molecule has 8 heavy (non-hydrogen) atoms. The molecule has 0 saturated carbocycles. The summed E-state index contributed by atoms with van der Waals surface area (Å²) in [5.41, 5.74) is 0.863. The van der Waals surface area contributed by atoms with E-state index < -0.39 is 0 Å². The summed E-state index contributed by atoms with van der Waals surface area (Å²) in [7, 11) is 0. The first kappa shape index (κ1) is 5.09. The summed E-state index contributed by atoms with van der Waals surface area (Å²) in [6, 6.07) is 0. The Morgan fingerprint density at radius 2 is 2.50 bits per heavy atom. The van der Waals surface area contributed by atoms with Gasteiger partial charge in [-0.1, -0.05) is 0 Å². The molecule has 0 amide bonds. The maximum Gasteiger partial charge on any atom is 0.0920 e. The molecule has 0 bridgehead atoms. The highest BCUT2D eigenvalue weighted by Crippen LogP contribution is 1.88. The van der Waals surface area contributed by atoms with Crippen molar-refractivity contribution in [1.82, 2.24) is 5.32 Å². The predicted octanol–water partition coefficient (Wildman–Crippen LogP) is 0.850. The standard InChI is InChI=1S/C6H7N2/c1-6-3-2-4-7-5-8-6/h2-5H,1H2,(H,7,8). The Balaban J connectivity index is 2.69. The van der Waals surface area contributed by atoms with Crippen LogP contribution in [0.15, 0.2) is 29.0 Å². The largest absolute Gasteiger partial charge is 0.350 e. The number of nitrogens with zero attached hydrogens (tertiary/aromatic N) is 1. The van der Waals surface area contributed by atoms with Crippen molar-refractivity contribution in [3.8, 4) is 0 Å². The van der Waals surface area contributed by atoms with Crippen molar-refractivity contribution in [3.63, 3.8) is 0 Å². The van der Waals surface area contributed by atoms with Crippen molar-refractivity contribution in [1.29, 1.82) is 0 Å². The number of aliphatic imine (C=N–C) groups is 1. The Hall–Kier alpha value is -1.05. The maximum absolute atomic E-state index is 3.81. The van der Waals surface area contributed by atoms with Gasteiger partial charge in [-0.05, 0) is 19.1 Å². The second-order valence-corrected chi connectivity index (χ2v) is 1.46. The molecule has 0 unspecified atom stereocenters. The molecular formula is C6H7N2. The Kier molecular flexibility index (Phi) is 1.47. The van der Waals surface area contributed by atoms with Gasteiger partial charge in [-0.25, -0.2) is 4.99 Å². The topological polar surface area (TPSA) is 24.4 Å². The minimum atomic E-state index is 0.863. The first-order valence-corrected chi connectivity index (χ1v) is 2.36. The first-order chi connectivity index (χ1) is 3.89. The smallest absolute Gasteiger partial charge is 0.0920 e. The van der Waals surface area contributed by atoms with E-state index in [2.05, 4.69) is 17.2 Å². The fourth-order valence-electron chi connectivity index (χ4n) is 0.420. The summed E-state index contributed by atoms with van der Waals surface area (Å²) >= 11 is 0. The van der Waals surface area contributed by atoms with Crippen molar-refractivity contribution in [2.45, 2.75) is 0 Å². The van der Waals surface area contributed by atoms with Crippen LogP contribution in [0.3, 0.4) is 0 Å². The van der Waals surface area contributed by atoms with E-state index in [-0.39, 0.29) is 0 Å². The van der Waals surface area contributed by atoms with Crippen LogP contribution in [0.2, 0.25) is 0 Å². The zero-order valence-electron chi connectivity index (χ0n) is 4.46. The highest BCUT2D eigenvalue weighted by atomic mass is 14.9. The van der Waals surface area contributed by atoms with Crippen LogP contribution in [0, 0.1) is 6.92 Å². The molecule has 0 atom stereocenters. The second-order valence-electron chi connectivity index (χ2n) is 1.46. The molecule has 0 fully saturated rings. The molecule has 1 aliphatic heterocycles. The molecule has 1 rings (SSSR count). The van der Waals surface area contributed by atoms with Gasteiger partial charge in [0.2, 0.25) is 0 Å². The van der Waals surface area contributed by atoms with Crippen LogP contribution < -0.4 is 5.32 Å². The molecule has 0 aromatic rings. The van der Waals surface area contributed by atoms with E-state index in [4.69, 9.17) is 0 Å². The van der Waals surface area contributed by atoms with Crippen LogP contribution in [0.5, 0.6) is 0 Å². The third-order valence-corrected chi connectivity index (χ3v) is 0.794. The molecule has 1 radical (unpaired) electrons. The fourth-order valence-corrected chi connectivity index (χ4v) is 0.420. The molecule has 0 aromatic heterocycles. The minimum absolute atomic E-state index is 0.863. The van der Waals surface area contributed by atoms with Crippen molar-refractivity contribution in [2.24, 2.45) is 4.99 Å². The zero-order valence-corrected chi connectivity index (χ0v) is 4.46. The summed E-state index contributed by atoms with van der Waals surface area (Å²) in [5, 5.41) is 2.84. The van der Waals surface area contributed by atoms with Gasteiger partial charge in [0, 0.05) is 11.9 Å². The van der Waals surface area contributed by atoms with Gasteiger partial charge >= 0.3 is 0 Å². The summed E-state index contributed by atoms with van der Waals surface area (Å²) < 4.78 is 0. The molecule has 1 heterocycles. The van der Waals surface area contributed by atoms with E-state index in [9.17, 15) is 0 Å². The molecule has 0 aliphatic carbocycles. The van der Waals surface area contributed by atoms with Crippen LogP contribution >= 0.6 is 0 Å². The average molecular weight is 107 g/mol. The van der Waals surface area contributed by atoms with Gasteiger partial charge in [-0.3, -0.25) is 0 Å². The van der Waals surface area contributed by atoms with Gasteiger partial charge in [-0.15, -0.1) is 0 Å². The molecule has 0 saturated heterocycles. The summed E-state index contributed by atoms with van der Waals surface area (Å²) in [5.74, 6) is 0. The average Bonchev–Trinajstić information content (AvgIpc) is 1.94. The zero-order chi connectivity index (χ0) is 5.82. The number of rotatable bonds is 0. The van der Waals surface area contributed by atoms with Gasteiger partial charge in [0.15, 0.2) is 0 Å². The normalized spacial score (nSPS) is 16.9. The molecule has 0 spiro atoms. The van der Waals surface area contributed by atoms with Gasteiger partial charge in [-0.2, -0.15) is 0 Å². The van der Waals surface area contributed by atoms with Gasteiger partial charge in [0.1, 0.15) is 0 Å². The van der Waals surface area contributed by atoms with Gasteiger partial charge in [0.05, 0.1) is 6.34 Å². The third kappa shape index (κ3) is 1.22. The molecule has 2 nitrogen and oxygen atoms in total. The number of hydrogen-bond acceptors (Lipinski definition) is 2. The van der Waals surface area contributed by atoms with Crippen LogP contribution in [0.25, 0.3) is 0 Å². The van der Waals surface area contributed by atoms with Crippen molar-refractivity contribution >= 4 is 6.34 Å². The van der Waals surface area contributed by atoms with Gasteiger partial charge in [0.25, 0.3) is 0 Å². The molecular weight excluding hydrogens is 100 g/mol. The summed E-state index contributed by atoms with van der Waals surface area (Å²) in [6.45, 7) is 3.66. The first-order valence-electron chi connectivity index (χ1n) is 2.36. The highest BCUT2D eigenvalue weighted by Gasteiger charge is 1.81. The van der Waals surface area contributed by atoms with E-state index in [1.807, 2.05) is 12.2 Å². The van der Waals surface area contributed by atoms with Crippen molar-refractivity contribution in [2.75, 3.05) is 0 Å². The Morgan fingerprint density at radius 3 is 3.38 bits per heavy atom. The third-order valence-electron chi connectivity index (χ3n) is 0.794. The Bertz CT molecular complexity index is 154. The second kappa shape index (κ2) is 2.31. The Labute approximate surface area is 48.6 Å². The van der Waals surface area contributed by atoms with E-state index in [0.29, 0.717) is 0 Å². The lowest BCUT2D eigenvalue weighted by Gasteiger charge is -1.91. The van der Waals surface area contributed by atoms with Gasteiger partial charge < -0.3 is 5.32 Å². The van der Waals surface area contributed by atoms with E-state index >= 15 is 0 Å². The lowest BCUT2D eigenvalue weighted by molar-refractivity contribution is 1.22. The molecule has 2 heteroatoms. The van der Waals surface area contributed by atoms with Crippen molar-refractivity contribution < 1.29 is 0 Å². The maximum atomic E-state index is 3.81. The fraction of sp³-hybridized carbons (Fsp3) is 0. The highest BCUT2D eigenvalue weighted by molar-refractivity contribution is 5.59. The SMILES string of the molecule is [CH2]C1=CC=CN=CN1. The van der Waals surface area contributed by atoms with Crippen LogP contribution in [-0.4, -0.2) is 6.34 Å². The Morgan fingerprint density at radius 1 is 1.62 bits per heavy atom. The number of hydrogen-bond donors (Lipinski definition) is 1. The molecule has 1 N–H and O–H groups in total. The monoisotopic (exact) mass is 107 g/mol. The lowest BCUT2D eigenvalue weighted by atomic mass is 10.4. The van der Waals surface area contributed by atoms with Crippen LogP contribution in [-0.2, 0) is 0 Å². The lowest BCUT2D eigenvalue weighted by Crippen LogP contribution is -2.05. The molecule has 0 aromatic carbocycles. The van der Waals surface area contributed by atoms with Crippen LogP contribution in [0.4, 0.5) is 0 Å². The quantitative estimate of drug-likeness (QED) is 0.487. The van der Waals surface area contributed by atoms with Crippen molar-refractivity contribution in [3.05, 3.63) is 31.0 Å². The minimum Gasteiger partial charge on any atom is -0.350 e. The molecule has 1 aliphatic rings. The van der Waals surface area contributed by atoms with E-state index in [1.165, 1.54) is 0 Å². The number of allylic oxidation sites excluding steroid dienone is 3. The van der Waals surface area contributed by atoms with Crippen LogP contribution in [0.1, 0.15) is 0 Å². The van der Waals surface area contributed by atoms with E-state index in [0.717, 1.165) is 5.70 Å². The number of nitrogens with one attached hydrogen (secondary N) is 1. The molecule has 41 valence electrons. The van der Waals surface area contributed by atoms with E-state index in [1.54, 1.807) is 12.5 Å². The predicted molar refractivity (Wildman–Crippen MR) is 34.2 cm³/mol.